The standard InChI is InChI=1S/C31H25NO7/c1-38-26(36)14-20(21-13-19-10-5-9-18-11-6-12-32(29(18)19)31(21)37)27-22(33)15-23(34)28-24(35)16-25(39-30(27)28)17-7-3-2-4-8-17/h2-5,7-10,13,15-16,20,33-34H,6,11-12,14H2,1H3. The average Bonchev–Trinajstić information content (AvgIpc) is 2.94. The summed E-state index contributed by atoms with van der Waals surface area (Å²) in [5.41, 5.74) is 1.92. The molecule has 1 aliphatic rings. The topological polar surface area (TPSA) is 119 Å². The average molecular weight is 524 g/mol. The molecule has 1 aliphatic heterocycles. The SMILES string of the molecule is COC(=O)CC(c1cc2cccc3c2n(c1=O)CCC3)c1c(O)cc(O)c2c(=O)cc(-c3ccccc3)oc12. The zero-order valence-corrected chi connectivity index (χ0v) is 21.1. The molecule has 8 nitrogen and oxygen atoms in total. The van der Waals surface area contributed by atoms with Gasteiger partial charge in [0.15, 0.2) is 5.43 Å². The van der Waals surface area contributed by atoms with Crippen molar-refractivity contribution in [1.82, 2.24) is 4.57 Å². The molecule has 0 bridgehead atoms. The number of ether oxygens (including phenoxy) is 1. The first kappa shape index (κ1) is 24.5. The van der Waals surface area contributed by atoms with E-state index < -0.39 is 28.8 Å². The van der Waals surface area contributed by atoms with Crippen molar-refractivity contribution in [3.05, 3.63) is 104 Å². The Hall–Kier alpha value is -4.85. The molecule has 0 fully saturated rings. The lowest BCUT2D eigenvalue weighted by atomic mass is 9.85. The van der Waals surface area contributed by atoms with Crippen molar-refractivity contribution < 1.29 is 24.2 Å². The lowest BCUT2D eigenvalue weighted by Crippen LogP contribution is -2.30. The third-order valence-electron chi connectivity index (χ3n) is 7.43. The number of carbonyl (C=O) groups is 1. The number of aryl methyl sites for hydroxylation is 2. The van der Waals surface area contributed by atoms with Gasteiger partial charge in [-0.2, -0.15) is 0 Å². The number of fused-ring (bicyclic) bond motifs is 1. The Kier molecular flexibility index (Phi) is 5.95. The monoisotopic (exact) mass is 523 g/mol. The normalized spacial score (nSPS) is 13.5. The molecule has 0 aliphatic carbocycles. The minimum absolute atomic E-state index is 0.0549. The van der Waals surface area contributed by atoms with E-state index in [1.807, 2.05) is 24.3 Å². The molecule has 5 aromatic rings. The van der Waals surface area contributed by atoms with Crippen molar-refractivity contribution in [2.24, 2.45) is 0 Å². The van der Waals surface area contributed by atoms with Crippen molar-refractivity contribution in [2.75, 3.05) is 7.11 Å². The number of phenolic OH excluding ortho intramolecular Hbond substituents is 2. The van der Waals surface area contributed by atoms with E-state index in [9.17, 15) is 24.6 Å². The summed E-state index contributed by atoms with van der Waals surface area (Å²) in [5, 5.41) is 22.5. The second kappa shape index (κ2) is 9.47. The maximum Gasteiger partial charge on any atom is 0.306 e. The smallest absolute Gasteiger partial charge is 0.306 e. The van der Waals surface area contributed by atoms with Crippen LogP contribution in [0.15, 0.2) is 80.7 Å². The van der Waals surface area contributed by atoms with Crippen LogP contribution in [0.1, 0.15) is 35.4 Å². The van der Waals surface area contributed by atoms with Crippen LogP contribution < -0.4 is 11.0 Å². The molecule has 0 saturated carbocycles. The van der Waals surface area contributed by atoms with Gasteiger partial charge < -0.3 is 23.9 Å². The quantitative estimate of drug-likeness (QED) is 0.317. The van der Waals surface area contributed by atoms with Crippen LogP contribution in [0.5, 0.6) is 11.5 Å². The first-order chi connectivity index (χ1) is 18.9. The maximum atomic E-state index is 13.9. The van der Waals surface area contributed by atoms with Crippen molar-refractivity contribution in [3.8, 4) is 22.8 Å². The molecule has 3 heterocycles. The van der Waals surface area contributed by atoms with Crippen LogP contribution in [0.3, 0.4) is 0 Å². The first-order valence-electron chi connectivity index (χ1n) is 12.7. The van der Waals surface area contributed by atoms with Crippen LogP contribution in [0.25, 0.3) is 33.2 Å². The van der Waals surface area contributed by atoms with E-state index in [1.54, 1.807) is 34.9 Å². The number of methoxy groups -OCH3 is 1. The Morgan fingerprint density at radius 3 is 2.59 bits per heavy atom. The molecule has 0 amide bonds. The molecule has 8 heteroatoms. The predicted octanol–water partition coefficient (Wildman–Crippen LogP) is 4.83. The van der Waals surface area contributed by atoms with E-state index in [4.69, 9.17) is 9.15 Å². The van der Waals surface area contributed by atoms with E-state index in [-0.39, 0.29) is 39.8 Å². The van der Waals surface area contributed by atoms with Gasteiger partial charge >= 0.3 is 5.97 Å². The third-order valence-corrected chi connectivity index (χ3v) is 7.43. The van der Waals surface area contributed by atoms with Gasteiger partial charge in [0.05, 0.1) is 19.0 Å². The first-order valence-corrected chi connectivity index (χ1v) is 12.7. The lowest BCUT2D eigenvalue weighted by molar-refractivity contribution is -0.140. The minimum Gasteiger partial charge on any atom is -0.507 e. The van der Waals surface area contributed by atoms with E-state index in [2.05, 4.69) is 0 Å². The fourth-order valence-electron chi connectivity index (χ4n) is 5.66. The van der Waals surface area contributed by atoms with Gasteiger partial charge in [0.25, 0.3) is 5.56 Å². The summed E-state index contributed by atoms with van der Waals surface area (Å²) in [5.74, 6) is -2.30. The Morgan fingerprint density at radius 1 is 1.03 bits per heavy atom. The molecule has 196 valence electrons. The number of nitrogens with zero attached hydrogens (tertiary/aromatic N) is 1. The second-order valence-electron chi connectivity index (χ2n) is 9.72. The van der Waals surface area contributed by atoms with Gasteiger partial charge in [0, 0.05) is 41.3 Å². The number of benzene rings is 3. The minimum atomic E-state index is -1.03. The van der Waals surface area contributed by atoms with Crippen molar-refractivity contribution in [2.45, 2.75) is 31.7 Å². The van der Waals surface area contributed by atoms with Crippen LogP contribution in [0, 0.1) is 0 Å². The largest absolute Gasteiger partial charge is 0.507 e. The Bertz CT molecular complexity index is 1890. The molecular weight excluding hydrogens is 498 g/mol. The zero-order valence-electron chi connectivity index (χ0n) is 21.1. The summed E-state index contributed by atoms with van der Waals surface area (Å²) in [4.78, 5) is 39.8. The lowest BCUT2D eigenvalue weighted by Gasteiger charge is -2.24. The van der Waals surface area contributed by atoms with Crippen molar-refractivity contribution in [1.29, 1.82) is 0 Å². The van der Waals surface area contributed by atoms with E-state index in [0.717, 1.165) is 35.4 Å². The molecule has 2 N–H and O–H groups in total. The summed E-state index contributed by atoms with van der Waals surface area (Å²) in [6, 6.07) is 18.8. The Balaban J connectivity index is 1.69. The molecule has 2 aromatic heterocycles. The van der Waals surface area contributed by atoms with Gasteiger partial charge in [0.2, 0.25) is 0 Å². The van der Waals surface area contributed by atoms with Crippen LogP contribution in [0.2, 0.25) is 0 Å². The number of hydrogen-bond acceptors (Lipinski definition) is 7. The van der Waals surface area contributed by atoms with Gasteiger partial charge in [-0.1, -0.05) is 48.5 Å². The van der Waals surface area contributed by atoms with Crippen molar-refractivity contribution in [3.63, 3.8) is 0 Å². The maximum absolute atomic E-state index is 13.9. The van der Waals surface area contributed by atoms with Crippen LogP contribution in [-0.2, 0) is 22.5 Å². The molecule has 0 spiro atoms. The summed E-state index contributed by atoms with van der Waals surface area (Å²) in [6.45, 7) is 0.515. The Morgan fingerprint density at radius 2 is 1.82 bits per heavy atom. The number of aromatic hydroxyl groups is 2. The number of aromatic nitrogens is 1. The highest BCUT2D eigenvalue weighted by Gasteiger charge is 2.31. The summed E-state index contributed by atoms with van der Waals surface area (Å²) in [7, 11) is 1.24. The molecule has 39 heavy (non-hydrogen) atoms. The number of para-hydroxylation sites is 1. The zero-order chi connectivity index (χ0) is 27.3. The summed E-state index contributed by atoms with van der Waals surface area (Å²) >= 11 is 0. The van der Waals surface area contributed by atoms with Crippen molar-refractivity contribution >= 4 is 27.8 Å². The van der Waals surface area contributed by atoms with Gasteiger partial charge in [-0.3, -0.25) is 14.4 Å². The van der Waals surface area contributed by atoms with Crippen LogP contribution in [-0.4, -0.2) is 27.9 Å². The van der Waals surface area contributed by atoms with E-state index in [1.165, 1.54) is 13.2 Å². The highest BCUT2D eigenvalue weighted by Crippen LogP contribution is 2.43. The van der Waals surface area contributed by atoms with Gasteiger partial charge in [-0.25, -0.2) is 0 Å². The number of carbonyl (C=O) groups excluding carboxylic acids is 1. The fraction of sp³-hybridized carbons (Fsp3) is 0.194. The molecule has 3 aromatic carbocycles. The number of esters is 1. The highest BCUT2D eigenvalue weighted by atomic mass is 16.5. The number of hydrogen-bond donors (Lipinski definition) is 2. The van der Waals surface area contributed by atoms with Gasteiger partial charge in [-0.05, 0) is 29.9 Å². The van der Waals surface area contributed by atoms with Gasteiger partial charge in [0.1, 0.15) is 28.2 Å². The molecule has 1 atom stereocenters. The second-order valence-corrected chi connectivity index (χ2v) is 9.72. The number of phenols is 2. The predicted molar refractivity (Wildman–Crippen MR) is 146 cm³/mol. The van der Waals surface area contributed by atoms with Crippen LogP contribution in [0.4, 0.5) is 0 Å². The molecule has 1 unspecified atom stereocenters. The number of pyridine rings is 1. The van der Waals surface area contributed by atoms with Gasteiger partial charge in [-0.15, -0.1) is 0 Å². The number of rotatable bonds is 5. The molecule has 6 rings (SSSR count). The molecule has 0 radical (unpaired) electrons. The highest BCUT2D eigenvalue weighted by molar-refractivity contribution is 5.91. The Labute approximate surface area is 222 Å². The molecule has 0 saturated heterocycles. The van der Waals surface area contributed by atoms with E-state index in [0.29, 0.717) is 12.1 Å². The van der Waals surface area contributed by atoms with Crippen LogP contribution >= 0.6 is 0 Å². The third kappa shape index (κ3) is 4.05. The summed E-state index contributed by atoms with van der Waals surface area (Å²) < 4.78 is 12.8. The molecular formula is C31H25NO7. The fourth-order valence-corrected chi connectivity index (χ4v) is 5.66. The summed E-state index contributed by atoms with van der Waals surface area (Å²) in [6.07, 6.45) is 1.35. The van der Waals surface area contributed by atoms with E-state index >= 15 is 0 Å².